The molecule has 0 amide bonds. The zero-order valence-corrected chi connectivity index (χ0v) is 9.01. The van der Waals surface area contributed by atoms with Gasteiger partial charge in [0.15, 0.2) is 5.58 Å². The fraction of sp³-hybridized carbons (Fsp3) is 0.364. The Morgan fingerprint density at radius 1 is 1.56 bits per heavy atom. The number of oxazole rings is 1. The number of aromatic nitrogens is 1. The first-order chi connectivity index (χ1) is 7.67. The van der Waals surface area contributed by atoms with Crippen molar-refractivity contribution >= 4 is 11.1 Å². The minimum atomic E-state index is -0.709. The average molecular weight is 222 g/mol. The molecule has 0 radical (unpaired) electrons. The number of nitrogens with zero attached hydrogens (tertiary/aromatic N) is 1. The Hall–Kier alpha value is -1.59. The predicted molar refractivity (Wildman–Crippen MR) is 60.2 cm³/mol. The van der Waals surface area contributed by atoms with Crippen molar-refractivity contribution < 1.29 is 9.52 Å². The van der Waals surface area contributed by atoms with Crippen molar-refractivity contribution in [3.05, 3.63) is 34.3 Å². The first-order valence-electron chi connectivity index (χ1n) is 5.18. The van der Waals surface area contributed by atoms with Gasteiger partial charge in [0.05, 0.1) is 11.6 Å². The Morgan fingerprint density at radius 2 is 2.31 bits per heavy atom. The van der Waals surface area contributed by atoms with E-state index in [1.165, 1.54) is 4.57 Å². The second kappa shape index (κ2) is 4.11. The number of aliphatic hydroxyl groups excluding tert-OH is 1. The van der Waals surface area contributed by atoms with Crippen molar-refractivity contribution in [2.75, 3.05) is 6.54 Å². The van der Waals surface area contributed by atoms with Gasteiger partial charge in [0.1, 0.15) is 0 Å². The Labute approximate surface area is 92.1 Å². The lowest BCUT2D eigenvalue weighted by Crippen LogP contribution is -2.13. The van der Waals surface area contributed by atoms with Gasteiger partial charge in [0.25, 0.3) is 0 Å². The molecule has 0 bridgehead atoms. The van der Waals surface area contributed by atoms with Crippen LogP contribution in [0.4, 0.5) is 0 Å². The van der Waals surface area contributed by atoms with Crippen LogP contribution in [-0.4, -0.2) is 16.2 Å². The molecular formula is C11H14N2O3. The van der Waals surface area contributed by atoms with Crippen LogP contribution >= 0.6 is 0 Å². The van der Waals surface area contributed by atoms with Gasteiger partial charge in [-0.3, -0.25) is 4.57 Å². The molecule has 3 N–H and O–H groups in total. The molecule has 1 heterocycles. The van der Waals surface area contributed by atoms with Gasteiger partial charge in [0, 0.05) is 13.1 Å². The second-order valence-electron chi connectivity index (χ2n) is 3.59. The number of rotatable bonds is 3. The highest BCUT2D eigenvalue weighted by Crippen LogP contribution is 2.19. The molecule has 1 atom stereocenters. The predicted octanol–water partition coefficient (Wildman–Crippen LogP) is 0.606. The molecule has 1 unspecified atom stereocenters. The number of hydrogen-bond donors (Lipinski definition) is 2. The van der Waals surface area contributed by atoms with Gasteiger partial charge >= 0.3 is 5.76 Å². The monoisotopic (exact) mass is 222 g/mol. The molecule has 16 heavy (non-hydrogen) atoms. The highest BCUT2D eigenvalue weighted by Gasteiger charge is 2.11. The molecule has 2 aromatic rings. The maximum absolute atomic E-state index is 11.4. The van der Waals surface area contributed by atoms with Gasteiger partial charge in [-0.1, -0.05) is 6.07 Å². The van der Waals surface area contributed by atoms with Crippen LogP contribution in [0, 0.1) is 0 Å². The smallest absolute Gasteiger partial charge is 0.408 e. The zero-order valence-electron chi connectivity index (χ0n) is 9.01. The Kier molecular flexibility index (Phi) is 2.80. The third-order valence-corrected chi connectivity index (χ3v) is 2.62. The molecule has 5 heteroatoms. The van der Waals surface area contributed by atoms with Crippen LogP contribution in [-0.2, 0) is 6.54 Å². The van der Waals surface area contributed by atoms with E-state index in [1.807, 2.05) is 6.92 Å². The zero-order chi connectivity index (χ0) is 11.7. The molecule has 0 fully saturated rings. The topological polar surface area (TPSA) is 81.4 Å². The number of aliphatic hydroxyl groups is 1. The third kappa shape index (κ3) is 1.64. The molecule has 86 valence electrons. The van der Waals surface area contributed by atoms with Gasteiger partial charge in [-0.25, -0.2) is 4.79 Å². The van der Waals surface area contributed by atoms with Gasteiger partial charge in [-0.2, -0.15) is 0 Å². The summed E-state index contributed by atoms with van der Waals surface area (Å²) in [4.78, 5) is 11.4. The Balaban J connectivity index is 2.64. The Morgan fingerprint density at radius 3 is 2.94 bits per heavy atom. The summed E-state index contributed by atoms with van der Waals surface area (Å²) >= 11 is 0. The van der Waals surface area contributed by atoms with Gasteiger partial charge in [-0.05, 0) is 24.6 Å². The van der Waals surface area contributed by atoms with E-state index < -0.39 is 6.10 Å². The molecule has 2 rings (SSSR count). The van der Waals surface area contributed by atoms with Crippen LogP contribution in [0.3, 0.4) is 0 Å². The van der Waals surface area contributed by atoms with Crippen molar-refractivity contribution in [3.63, 3.8) is 0 Å². The summed E-state index contributed by atoms with van der Waals surface area (Å²) in [5, 5.41) is 9.62. The van der Waals surface area contributed by atoms with Crippen LogP contribution < -0.4 is 11.5 Å². The molecule has 0 spiro atoms. The molecule has 0 saturated heterocycles. The minimum absolute atomic E-state index is 0.152. The molecular weight excluding hydrogens is 208 g/mol. The number of aryl methyl sites for hydroxylation is 1. The van der Waals surface area contributed by atoms with Crippen molar-refractivity contribution in [3.8, 4) is 0 Å². The van der Waals surface area contributed by atoms with Gasteiger partial charge in [-0.15, -0.1) is 0 Å². The standard InChI is InChI=1S/C11H14N2O3/c1-2-13-8-5-7(9(14)6-12)3-4-10(8)16-11(13)15/h3-5,9,14H,2,6,12H2,1H3. The van der Waals surface area contributed by atoms with Gasteiger partial charge in [0.2, 0.25) is 0 Å². The molecule has 0 aliphatic carbocycles. The van der Waals surface area contributed by atoms with E-state index in [0.29, 0.717) is 23.2 Å². The summed E-state index contributed by atoms with van der Waals surface area (Å²) in [6, 6.07) is 5.13. The molecule has 0 aliphatic heterocycles. The quantitative estimate of drug-likeness (QED) is 0.797. The fourth-order valence-electron chi connectivity index (χ4n) is 1.72. The SMILES string of the molecule is CCn1c(=O)oc2ccc(C(O)CN)cc21. The average Bonchev–Trinajstić information content (AvgIpc) is 2.62. The summed E-state index contributed by atoms with van der Waals surface area (Å²) in [5.41, 5.74) is 7.29. The van der Waals surface area contributed by atoms with Crippen LogP contribution in [0.2, 0.25) is 0 Å². The number of benzene rings is 1. The van der Waals surface area contributed by atoms with Crippen LogP contribution in [0.15, 0.2) is 27.4 Å². The summed E-state index contributed by atoms with van der Waals surface area (Å²) in [5.74, 6) is -0.378. The number of hydrogen-bond acceptors (Lipinski definition) is 4. The van der Waals surface area contributed by atoms with Crippen molar-refractivity contribution in [2.24, 2.45) is 5.73 Å². The lowest BCUT2D eigenvalue weighted by molar-refractivity contribution is 0.187. The van der Waals surface area contributed by atoms with Gasteiger partial charge < -0.3 is 15.3 Å². The maximum Gasteiger partial charge on any atom is 0.419 e. The molecule has 1 aromatic heterocycles. The van der Waals surface area contributed by atoms with E-state index in [4.69, 9.17) is 10.2 Å². The summed E-state index contributed by atoms with van der Waals surface area (Å²) in [6.07, 6.45) is -0.709. The lowest BCUT2D eigenvalue weighted by atomic mass is 10.1. The second-order valence-corrected chi connectivity index (χ2v) is 3.59. The summed E-state index contributed by atoms with van der Waals surface area (Å²) in [7, 11) is 0. The number of fused-ring (bicyclic) bond motifs is 1. The van der Waals surface area contributed by atoms with E-state index in [2.05, 4.69) is 0 Å². The summed E-state index contributed by atoms with van der Waals surface area (Å²) in [6.45, 7) is 2.55. The van der Waals surface area contributed by atoms with E-state index in [1.54, 1.807) is 18.2 Å². The largest absolute Gasteiger partial charge is 0.419 e. The highest BCUT2D eigenvalue weighted by molar-refractivity contribution is 5.73. The van der Waals surface area contributed by atoms with Crippen LogP contribution in [0.1, 0.15) is 18.6 Å². The maximum atomic E-state index is 11.4. The molecule has 0 aliphatic rings. The van der Waals surface area contributed by atoms with E-state index in [-0.39, 0.29) is 12.3 Å². The molecule has 0 saturated carbocycles. The van der Waals surface area contributed by atoms with E-state index in [9.17, 15) is 9.90 Å². The fourth-order valence-corrected chi connectivity index (χ4v) is 1.72. The normalized spacial score (nSPS) is 13.2. The van der Waals surface area contributed by atoms with E-state index in [0.717, 1.165) is 0 Å². The van der Waals surface area contributed by atoms with Crippen molar-refractivity contribution in [2.45, 2.75) is 19.6 Å². The van der Waals surface area contributed by atoms with Crippen LogP contribution in [0.5, 0.6) is 0 Å². The first-order valence-corrected chi connectivity index (χ1v) is 5.18. The Bertz CT molecular complexity index is 556. The van der Waals surface area contributed by atoms with E-state index >= 15 is 0 Å². The van der Waals surface area contributed by atoms with Crippen molar-refractivity contribution in [1.82, 2.24) is 4.57 Å². The highest BCUT2D eigenvalue weighted by atomic mass is 16.4. The lowest BCUT2D eigenvalue weighted by Gasteiger charge is -2.07. The molecule has 1 aromatic carbocycles. The minimum Gasteiger partial charge on any atom is -0.408 e. The third-order valence-electron chi connectivity index (χ3n) is 2.62. The summed E-state index contributed by atoms with van der Waals surface area (Å²) < 4.78 is 6.57. The first kappa shape index (κ1) is 10.9. The van der Waals surface area contributed by atoms with Crippen LogP contribution in [0.25, 0.3) is 11.1 Å². The molecule has 5 nitrogen and oxygen atoms in total. The van der Waals surface area contributed by atoms with Crippen molar-refractivity contribution in [1.29, 1.82) is 0 Å². The number of nitrogens with two attached hydrogens (primary N) is 1.